The molecule has 0 spiro atoms. The highest BCUT2D eigenvalue weighted by Gasteiger charge is 2.23. The minimum Gasteiger partial charge on any atom is -0.466 e. The Labute approximate surface area is 131 Å². The maximum Gasteiger partial charge on any atom is 0.302 e. The second-order valence-electron chi connectivity index (χ2n) is 5.87. The lowest BCUT2D eigenvalue weighted by Crippen LogP contribution is -2.24. The van der Waals surface area contributed by atoms with Crippen LogP contribution in [0.3, 0.4) is 0 Å². The van der Waals surface area contributed by atoms with Crippen LogP contribution >= 0.6 is 0 Å². The second kappa shape index (κ2) is 7.28. The van der Waals surface area contributed by atoms with E-state index in [1.165, 1.54) is 12.5 Å². The number of carbonyl (C=O) groups excluding carboxylic acids is 1. The quantitative estimate of drug-likeness (QED) is 0.640. The maximum atomic E-state index is 10.8. The second-order valence-corrected chi connectivity index (χ2v) is 5.87. The lowest BCUT2D eigenvalue weighted by Gasteiger charge is -2.21. The van der Waals surface area contributed by atoms with Crippen molar-refractivity contribution in [3.05, 3.63) is 28.8 Å². The molecule has 1 aliphatic heterocycles. The monoisotopic (exact) mass is 301 g/mol. The molecule has 0 saturated heterocycles. The molecule has 22 heavy (non-hydrogen) atoms. The summed E-state index contributed by atoms with van der Waals surface area (Å²) in [6.45, 7) is 5.51. The van der Waals surface area contributed by atoms with Gasteiger partial charge in [-0.15, -0.1) is 0 Å². The van der Waals surface area contributed by atoms with Crippen LogP contribution in [0.1, 0.15) is 37.0 Å². The Balaban J connectivity index is 2.10. The summed E-state index contributed by atoms with van der Waals surface area (Å²) in [5.74, 6) is -0.250. The van der Waals surface area contributed by atoms with Crippen molar-refractivity contribution < 1.29 is 9.53 Å². The Morgan fingerprint density at radius 3 is 2.95 bits per heavy atom. The zero-order chi connectivity index (χ0) is 16.1. The Morgan fingerprint density at radius 1 is 1.55 bits per heavy atom. The first-order chi connectivity index (χ1) is 10.5. The number of esters is 1. The molecule has 118 valence electrons. The Morgan fingerprint density at radius 2 is 2.32 bits per heavy atom. The van der Waals surface area contributed by atoms with E-state index < -0.39 is 0 Å². The molecule has 2 rings (SSSR count). The van der Waals surface area contributed by atoms with Gasteiger partial charge in [-0.2, -0.15) is 5.26 Å². The number of ether oxygens (including phenoxy) is 1. The van der Waals surface area contributed by atoms with Crippen LogP contribution in [0.15, 0.2) is 12.1 Å². The number of carbonyl (C=O) groups is 1. The largest absolute Gasteiger partial charge is 0.466 e. The molecule has 1 aromatic rings. The molecule has 0 bridgehead atoms. The minimum atomic E-state index is -0.250. The number of hydrogen-bond acceptors (Lipinski definition) is 5. The summed E-state index contributed by atoms with van der Waals surface area (Å²) in [5, 5.41) is 9.45. The van der Waals surface area contributed by atoms with Gasteiger partial charge in [-0.05, 0) is 43.4 Å². The summed E-state index contributed by atoms with van der Waals surface area (Å²) in [6, 6.07) is 6.52. The van der Waals surface area contributed by atoms with E-state index in [0.29, 0.717) is 6.61 Å². The van der Waals surface area contributed by atoms with Gasteiger partial charge in [0.25, 0.3) is 0 Å². The lowest BCUT2D eigenvalue weighted by molar-refractivity contribution is -0.140. The molecule has 2 N–H and O–H groups in total. The Bertz CT molecular complexity index is 590. The van der Waals surface area contributed by atoms with Crippen LogP contribution in [0.25, 0.3) is 0 Å². The van der Waals surface area contributed by atoms with Crippen molar-refractivity contribution in [2.24, 2.45) is 5.73 Å². The van der Waals surface area contributed by atoms with Gasteiger partial charge in [-0.1, -0.05) is 6.07 Å². The van der Waals surface area contributed by atoms with Crippen LogP contribution in [-0.4, -0.2) is 31.7 Å². The number of fused-ring (bicyclic) bond motifs is 1. The summed E-state index contributed by atoms with van der Waals surface area (Å²) < 4.78 is 4.96. The summed E-state index contributed by atoms with van der Waals surface area (Å²) in [7, 11) is 0. The molecule has 0 fully saturated rings. The summed E-state index contributed by atoms with van der Waals surface area (Å²) in [5.41, 5.74) is 9.98. The van der Waals surface area contributed by atoms with Crippen molar-refractivity contribution in [3.63, 3.8) is 0 Å². The third kappa shape index (κ3) is 3.99. The molecule has 0 aliphatic carbocycles. The van der Waals surface area contributed by atoms with E-state index in [0.717, 1.165) is 49.2 Å². The fourth-order valence-corrected chi connectivity index (χ4v) is 2.96. The van der Waals surface area contributed by atoms with Crippen molar-refractivity contribution in [2.45, 2.75) is 39.2 Å². The summed E-state index contributed by atoms with van der Waals surface area (Å²) in [4.78, 5) is 13.0. The van der Waals surface area contributed by atoms with E-state index in [1.807, 2.05) is 13.0 Å². The molecule has 1 aliphatic rings. The van der Waals surface area contributed by atoms with E-state index >= 15 is 0 Å². The smallest absolute Gasteiger partial charge is 0.302 e. The van der Waals surface area contributed by atoms with E-state index in [9.17, 15) is 10.1 Å². The van der Waals surface area contributed by atoms with Gasteiger partial charge in [0.2, 0.25) is 0 Å². The molecule has 0 amide bonds. The number of nitrogens with zero attached hydrogens (tertiary/aromatic N) is 2. The maximum absolute atomic E-state index is 10.8. The predicted octanol–water partition coefficient (Wildman–Crippen LogP) is 1.76. The topological polar surface area (TPSA) is 79.3 Å². The van der Waals surface area contributed by atoms with Crippen LogP contribution in [-0.2, 0) is 22.4 Å². The number of benzene rings is 1. The number of nitrogens with two attached hydrogens (primary N) is 1. The molecule has 5 heteroatoms. The Hall–Kier alpha value is -2.06. The van der Waals surface area contributed by atoms with Crippen molar-refractivity contribution in [1.29, 1.82) is 5.26 Å². The number of hydrogen-bond donors (Lipinski definition) is 1. The van der Waals surface area contributed by atoms with Crippen LogP contribution in [0.4, 0.5) is 5.69 Å². The SMILES string of the molecule is CC(=O)OCCCN1CCc2cc(CC(C)N)cc(C#N)c21. The lowest BCUT2D eigenvalue weighted by atomic mass is 9.99. The highest BCUT2D eigenvalue weighted by molar-refractivity contribution is 5.68. The number of rotatable bonds is 6. The van der Waals surface area contributed by atoms with Crippen LogP contribution < -0.4 is 10.6 Å². The van der Waals surface area contributed by atoms with Crippen LogP contribution in [0.2, 0.25) is 0 Å². The zero-order valence-electron chi connectivity index (χ0n) is 13.3. The van der Waals surface area contributed by atoms with Gasteiger partial charge < -0.3 is 15.4 Å². The van der Waals surface area contributed by atoms with Crippen molar-refractivity contribution in [2.75, 3.05) is 24.6 Å². The average Bonchev–Trinajstić information content (AvgIpc) is 2.85. The molecular weight excluding hydrogens is 278 g/mol. The molecule has 1 aromatic carbocycles. The third-order valence-corrected chi connectivity index (χ3v) is 3.77. The van der Waals surface area contributed by atoms with E-state index in [4.69, 9.17) is 10.5 Å². The molecular formula is C17H23N3O2. The number of anilines is 1. The zero-order valence-corrected chi connectivity index (χ0v) is 13.3. The van der Waals surface area contributed by atoms with Gasteiger partial charge in [0.05, 0.1) is 17.9 Å². The van der Waals surface area contributed by atoms with E-state index in [2.05, 4.69) is 17.0 Å². The summed E-state index contributed by atoms with van der Waals surface area (Å²) >= 11 is 0. The summed E-state index contributed by atoms with van der Waals surface area (Å²) in [6.07, 6.45) is 2.50. The first-order valence-electron chi connectivity index (χ1n) is 7.71. The van der Waals surface area contributed by atoms with E-state index in [-0.39, 0.29) is 12.0 Å². The van der Waals surface area contributed by atoms with Crippen LogP contribution in [0, 0.1) is 11.3 Å². The molecule has 1 unspecified atom stereocenters. The van der Waals surface area contributed by atoms with E-state index in [1.54, 1.807) is 0 Å². The highest BCUT2D eigenvalue weighted by Crippen LogP contribution is 2.33. The van der Waals surface area contributed by atoms with Gasteiger partial charge in [-0.3, -0.25) is 4.79 Å². The predicted molar refractivity (Wildman–Crippen MR) is 85.7 cm³/mol. The molecule has 5 nitrogen and oxygen atoms in total. The fraction of sp³-hybridized carbons (Fsp3) is 0.529. The molecule has 1 atom stereocenters. The number of nitriles is 1. The van der Waals surface area contributed by atoms with Gasteiger partial charge in [-0.25, -0.2) is 0 Å². The van der Waals surface area contributed by atoms with Crippen LogP contribution in [0.5, 0.6) is 0 Å². The third-order valence-electron chi connectivity index (χ3n) is 3.77. The van der Waals surface area contributed by atoms with Gasteiger partial charge >= 0.3 is 5.97 Å². The Kier molecular flexibility index (Phi) is 5.40. The molecule has 1 heterocycles. The van der Waals surface area contributed by atoms with Crippen molar-refractivity contribution in [1.82, 2.24) is 0 Å². The first-order valence-corrected chi connectivity index (χ1v) is 7.71. The van der Waals surface area contributed by atoms with Gasteiger partial charge in [0.1, 0.15) is 6.07 Å². The minimum absolute atomic E-state index is 0.0887. The molecule has 0 radical (unpaired) electrons. The van der Waals surface area contributed by atoms with Crippen molar-refractivity contribution >= 4 is 11.7 Å². The van der Waals surface area contributed by atoms with Crippen molar-refractivity contribution in [3.8, 4) is 6.07 Å². The normalized spacial score (nSPS) is 14.4. The van der Waals surface area contributed by atoms with Gasteiger partial charge in [0, 0.05) is 26.1 Å². The van der Waals surface area contributed by atoms with Gasteiger partial charge in [0.15, 0.2) is 0 Å². The first kappa shape index (κ1) is 16.3. The highest BCUT2D eigenvalue weighted by atomic mass is 16.5. The average molecular weight is 301 g/mol. The molecule has 0 saturated carbocycles. The fourth-order valence-electron chi connectivity index (χ4n) is 2.96. The molecule has 0 aromatic heterocycles. The standard InChI is InChI=1S/C17H23N3O2/c1-12(19)8-14-9-15-4-6-20(5-3-7-22-13(2)21)17(15)16(10-14)11-18/h9-10,12H,3-8,19H2,1-2H3.